The molecule has 0 aliphatic carbocycles. The molecule has 0 aromatic heterocycles. The van der Waals surface area contributed by atoms with Crippen LogP contribution < -0.4 is 0 Å². The summed E-state index contributed by atoms with van der Waals surface area (Å²) in [5.41, 5.74) is -1.89. The Labute approximate surface area is 268 Å². The fraction of sp³-hybridized carbons (Fsp3) is 0.800. The first-order valence-corrected chi connectivity index (χ1v) is 19.4. The highest BCUT2D eigenvalue weighted by Crippen LogP contribution is 2.43. The molecule has 0 aliphatic heterocycles. The molecule has 0 heterocycles. The smallest absolute Gasteiger partial charge is 0.453 e. The van der Waals surface area contributed by atoms with Crippen molar-refractivity contribution in [3.8, 4) is 0 Å². The minimum Gasteiger partial charge on any atom is -0.453 e. The van der Waals surface area contributed by atoms with E-state index < -0.39 is 25.6 Å². The number of hydrogen-bond acceptors (Lipinski definition) is 7. The third kappa shape index (κ3) is 18.6. The van der Waals surface area contributed by atoms with E-state index in [1.54, 1.807) is 0 Å². The van der Waals surface area contributed by atoms with Crippen LogP contribution >= 0.6 is 19.8 Å². The summed E-state index contributed by atoms with van der Waals surface area (Å²) in [7, 11) is -2.86. The van der Waals surface area contributed by atoms with Gasteiger partial charge in [-0.1, -0.05) is 147 Å². The maximum atomic E-state index is 13.2. The first kappa shape index (κ1) is 40.0. The number of aliphatic hydroxyl groups is 1. The molecule has 0 fully saturated rings. The van der Waals surface area contributed by atoms with Crippen molar-refractivity contribution in [3.63, 3.8) is 0 Å². The van der Waals surface area contributed by atoms with E-state index in [9.17, 15) is 14.5 Å². The van der Waals surface area contributed by atoms with Gasteiger partial charge in [0.15, 0.2) is 0 Å². The fourth-order valence-corrected chi connectivity index (χ4v) is 7.31. The lowest BCUT2D eigenvalue weighted by atomic mass is 10.1. The summed E-state index contributed by atoms with van der Waals surface area (Å²) in [4.78, 5) is 13.2. The van der Waals surface area contributed by atoms with Crippen molar-refractivity contribution in [1.29, 1.82) is 0 Å². The van der Waals surface area contributed by atoms with E-state index in [1.165, 1.54) is 83.5 Å². The molecule has 0 saturated heterocycles. The minimum atomic E-state index is -2.86. The monoisotopic (exact) mass is 641 g/mol. The Morgan fingerprint density at radius 2 is 1.35 bits per heavy atom. The van der Waals surface area contributed by atoms with Crippen LogP contribution in [0.4, 0.5) is 0 Å². The molecule has 1 rings (SSSR count). The summed E-state index contributed by atoms with van der Waals surface area (Å²) < 4.78 is 29.8. The molecular weight excluding hydrogens is 579 g/mol. The van der Waals surface area contributed by atoms with E-state index in [4.69, 9.17) is 14.0 Å². The third-order valence-electron chi connectivity index (χ3n) is 7.68. The van der Waals surface area contributed by atoms with Crippen LogP contribution in [-0.4, -0.2) is 40.3 Å². The van der Waals surface area contributed by atoms with Crippen molar-refractivity contribution in [2.75, 3.05) is 12.4 Å². The Bertz CT molecular complexity index is 826. The Kier molecular flexibility index (Phi) is 24.5. The molecule has 1 aromatic carbocycles. The largest absolute Gasteiger partial charge is 0.589 e. The van der Waals surface area contributed by atoms with Crippen LogP contribution in [0.25, 0.3) is 0 Å². The molecule has 0 amide bonds. The Hall–Kier alpha value is -0.980. The maximum absolute atomic E-state index is 13.2. The summed E-state index contributed by atoms with van der Waals surface area (Å²) in [5.74, 6) is -0.0708. The highest BCUT2D eigenvalue weighted by atomic mass is 32.2. The number of carbonyl (C=O) groups excluding carboxylic acids is 1. The zero-order valence-corrected chi connectivity index (χ0v) is 29.4. The maximum Gasteiger partial charge on any atom is 0.589 e. The Balaban J connectivity index is 2.74. The van der Waals surface area contributed by atoms with Gasteiger partial charge < -0.3 is 9.84 Å². The van der Waals surface area contributed by atoms with Gasteiger partial charge in [0.1, 0.15) is 13.2 Å². The Morgan fingerprint density at radius 1 is 0.814 bits per heavy atom. The number of benzene rings is 1. The number of carbonyl (C=O) groups is 1. The lowest BCUT2D eigenvalue weighted by Gasteiger charge is -2.27. The number of ether oxygens (including phenoxy) is 2. The van der Waals surface area contributed by atoms with Crippen molar-refractivity contribution in [2.24, 2.45) is 0 Å². The van der Waals surface area contributed by atoms with Crippen molar-refractivity contribution < 1.29 is 28.5 Å². The van der Waals surface area contributed by atoms with Crippen molar-refractivity contribution in [2.45, 2.75) is 167 Å². The van der Waals surface area contributed by atoms with Gasteiger partial charge in [-0.05, 0) is 42.1 Å². The average Bonchev–Trinajstić information content (AvgIpc) is 3.02. The van der Waals surface area contributed by atoms with E-state index in [0.717, 1.165) is 37.0 Å². The van der Waals surface area contributed by atoms with Gasteiger partial charge in [-0.25, -0.2) is 4.79 Å². The molecule has 0 spiro atoms. The zero-order valence-electron chi connectivity index (χ0n) is 27.7. The van der Waals surface area contributed by atoms with Gasteiger partial charge in [-0.2, -0.15) is 11.8 Å². The number of hydrogen-bond donors (Lipinski definition) is 1. The van der Waals surface area contributed by atoms with Gasteiger partial charge in [0, 0.05) is 5.25 Å². The first-order valence-electron chi connectivity index (χ1n) is 17.2. The van der Waals surface area contributed by atoms with E-state index in [0.29, 0.717) is 6.42 Å². The van der Waals surface area contributed by atoms with Crippen molar-refractivity contribution >= 4 is 25.8 Å². The van der Waals surface area contributed by atoms with Crippen LogP contribution in [0, 0.1) is 0 Å². The lowest BCUT2D eigenvalue weighted by Crippen LogP contribution is -2.44. The van der Waals surface area contributed by atoms with Crippen LogP contribution in [0.3, 0.4) is 0 Å². The lowest BCUT2D eigenvalue weighted by molar-refractivity contribution is -0.210. The molecule has 43 heavy (non-hydrogen) atoms. The predicted octanol–water partition coefficient (Wildman–Crippen LogP) is 10.7. The van der Waals surface area contributed by atoms with E-state index in [-0.39, 0.29) is 18.5 Å². The van der Waals surface area contributed by atoms with E-state index >= 15 is 0 Å². The fourth-order valence-electron chi connectivity index (χ4n) is 4.98. The predicted molar refractivity (Wildman–Crippen MR) is 182 cm³/mol. The van der Waals surface area contributed by atoms with Crippen molar-refractivity contribution in [3.05, 3.63) is 35.9 Å². The van der Waals surface area contributed by atoms with Crippen LogP contribution in [0.1, 0.15) is 149 Å². The zero-order chi connectivity index (χ0) is 31.6. The molecule has 6 nitrogen and oxygen atoms in total. The molecule has 1 N–H and O–H groups in total. The van der Waals surface area contributed by atoms with E-state index in [2.05, 4.69) is 13.8 Å². The SMILES string of the molecule is CCCCCCCCCCCCSC(CCCCCCCC)C(C)OC(O)(C(=O)OCc1ccccc1)[P+](=O)OCCC. The summed E-state index contributed by atoms with van der Waals surface area (Å²) in [6, 6.07) is 9.21. The molecule has 1 aromatic rings. The van der Waals surface area contributed by atoms with Crippen molar-refractivity contribution in [1.82, 2.24) is 0 Å². The van der Waals surface area contributed by atoms with Crippen LogP contribution in [-0.2, 0) is 30.0 Å². The van der Waals surface area contributed by atoms with Gasteiger partial charge in [-0.3, -0.25) is 4.74 Å². The number of thioether (sulfide) groups is 1. The molecule has 4 atom stereocenters. The molecule has 0 saturated carbocycles. The highest BCUT2D eigenvalue weighted by Gasteiger charge is 2.62. The van der Waals surface area contributed by atoms with Gasteiger partial charge in [0.2, 0.25) is 0 Å². The molecule has 8 heteroatoms. The topological polar surface area (TPSA) is 82.1 Å². The summed E-state index contributed by atoms with van der Waals surface area (Å²) in [6.07, 6.45) is 21.2. The third-order valence-corrected chi connectivity index (χ3v) is 10.5. The molecule has 0 aliphatic rings. The normalized spacial score (nSPS) is 14.7. The molecule has 248 valence electrons. The summed E-state index contributed by atoms with van der Waals surface area (Å²) in [5, 5.41) is 11.4. The van der Waals surface area contributed by atoms with Crippen LogP contribution in [0.5, 0.6) is 0 Å². The number of unbranched alkanes of at least 4 members (excludes halogenated alkanes) is 14. The molecule has 0 bridgehead atoms. The average molecular weight is 642 g/mol. The summed E-state index contributed by atoms with van der Waals surface area (Å²) >= 11 is 1.84. The second-order valence-corrected chi connectivity index (χ2v) is 14.5. The number of esters is 1. The Morgan fingerprint density at radius 3 is 1.91 bits per heavy atom. The molecular formula is C35H62O6PS+. The summed E-state index contributed by atoms with van der Waals surface area (Å²) in [6.45, 7) is 8.32. The first-order chi connectivity index (χ1) is 20.9. The van der Waals surface area contributed by atoms with Gasteiger partial charge in [0.05, 0.1) is 6.10 Å². The molecule has 4 unspecified atom stereocenters. The van der Waals surface area contributed by atoms with Gasteiger partial charge in [-0.15, -0.1) is 4.52 Å². The van der Waals surface area contributed by atoms with Crippen LogP contribution in [0.2, 0.25) is 0 Å². The van der Waals surface area contributed by atoms with Gasteiger partial charge in [0.25, 0.3) is 0 Å². The van der Waals surface area contributed by atoms with Crippen LogP contribution in [0.15, 0.2) is 30.3 Å². The number of rotatable bonds is 29. The quantitative estimate of drug-likeness (QED) is 0.0403. The van der Waals surface area contributed by atoms with Gasteiger partial charge >= 0.3 is 19.5 Å². The second-order valence-electron chi connectivity index (χ2n) is 11.7. The second kappa shape index (κ2) is 26.3. The van der Waals surface area contributed by atoms with E-state index in [1.807, 2.05) is 55.9 Å². The highest BCUT2D eigenvalue weighted by molar-refractivity contribution is 7.99. The minimum absolute atomic E-state index is 0.0502. The molecule has 0 radical (unpaired) electrons. The standard InChI is InChI=1S/C35H62O6PS/c1-5-8-10-12-14-15-16-17-19-24-29-43-33(27-23-18-13-11-9-6-2)31(4)41-35(37,42(38)40-28-7-3)34(36)39-30-32-25-21-20-22-26-32/h20-22,25-26,31,33,37H,5-19,23-24,27-30H2,1-4H3/q+1.